The van der Waals surface area contributed by atoms with E-state index >= 15 is 0 Å². The smallest absolute Gasteiger partial charge is 0.272 e. The van der Waals surface area contributed by atoms with Crippen LogP contribution in [-0.2, 0) is 14.4 Å². The van der Waals surface area contributed by atoms with E-state index in [4.69, 9.17) is 0 Å². The number of nitrogens with zero attached hydrogens (tertiary/aromatic N) is 4. The maximum Gasteiger partial charge on any atom is 0.272 e. The molecule has 10 nitrogen and oxygen atoms in total. The van der Waals surface area contributed by atoms with Gasteiger partial charge in [0.05, 0.1) is 0 Å². The molecular formula is C23H31N5O5. The van der Waals surface area contributed by atoms with Crippen molar-refractivity contribution in [2.45, 2.75) is 52.5 Å². The molecule has 1 aromatic heterocycles. The third-order valence-corrected chi connectivity index (χ3v) is 7.42. The molecule has 4 heterocycles. The topological polar surface area (TPSA) is 124 Å². The molecule has 33 heavy (non-hydrogen) atoms. The van der Waals surface area contributed by atoms with Crippen molar-refractivity contribution >= 4 is 23.6 Å². The highest BCUT2D eigenvalue weighted by molar-refractivity contribution is 6.07. The van der Waals surface area contributed by atoms with Gasteiger partial charge in [0.15, 0.2) is 0 Å². The number of aromatic amines is 1. The summed E-state index contributed by atoms with van der Waals surface area (Å²) in [6.07, 6.45) is 3.27. The van der Waals surface area contributed by atoms with Crippen molar-refractivity contribution in [3.05, 3.63) is 27.9 Å². The minimum atomic E-state index is -0.389. The molecule has 3 fully saturated rings. The normalized spacial score (nSPS) is 26.4. The molecule has 0 saturated carbocycles. The van der Waals surface area contributed by atoms with Crippen molar-refractivity contribution in [3.8, 4) is 0 Å². The average Bonchev–Trinajstić information content (AvgIpc) is 3.35. The number of likely N-dealkylation sites (tertiary alicyclic amines) is 3. The monoisotopic (exact) mass is 457 g/mol. The quantitative estimate of drug-likeness (QED) is 0.659. The van der Waals surface area contributed by atoms with Crippen molar-refractivity contribution in [2.75, 3.05) is 26.2 Å². The molecule has 3 aliphatic heterocycles. The fourth-order valence-electron chi connectivity index (χ4n) is 5.34. The van der Waals surface area contributed by atoms with Crippen LogP contribution in [0.3, 0.4) is 0 Å². The standard InChI is InChI=1S/C23H31N5O5/c1-13-14(2)22(32)28(21(13)31)12-20(30)27-8-4-5-18(27)16-6-9-26(10-7-16)23(33)17-11-19(29)25-15(3)24-17/h11,13-14,16,18H,4-10,12H2,1-3H3,(H,24,25,29)/t13-,14+,18?. The number of aromatic nitrogens is 2. The molecule has 4 rings (SSSR count). The number of amides is 4. The van der Waals surface area contributed by atoms with Crippen LogP contribution < -0.4 is 5.56 Å². The Bertz CT molecular complexity index is 1010. The van der Waals surface area contributed by atoms with Crippen molar-refractivity contribution in [2.24, 2.45) is 17.8 Å². The highest BCUT2D eigenvalue weighted by atomic mass is 16.2. The summed E-state index contributed by atoms with van der Waals surface area (Å²) >= 11 is 0. The molecule has 3 atom stereocenters. The molecule has 1 N–H and O–H groups in total. The van der Waals surface area contributed by atoms with Crippen LogP contribution in [-0.4, -0.2) is 80.5 Å². The van der Waals surface area contributed by atoms with E-state index in [0.717, 1.165) is 30.6 Å². The van der Waals surface area contributed by atoms with E-state index in [1.807, 2.05) is 4.90 Å². The number of carbonyl (C=O) groups is 4. The zero-order chi connectivity index (χ0) is 23.9. The number of hydrogen-bond acceptors (Lipinski definition) is 6. The summed E-state index contributed by atoms with van der Waals surface area (Å²) in [7, 11) is 0. The van der Waals surface area contributed by atoms with E-state index in [2.05, 4.69) is 9.97 Å². The Morgan fingerprint density at radius 3 is 2.27 bits per heavy atom. The van der Waals surface area contributed by atoms with Gasteiger partial charge < -0.3 is 14.8 Å². The van der Waals surface area contributed by atoms with E-state index in [0.29, 0.717) is 25.5 Å². The van der Waals surface area contributed by atoms with Gasteiger partial charge in [0.25, 0.3) is 11.5 Å². The summed E-state index contributed by atoms with van der Waals surface area (Å²) < 4.78 is 0. The Morgan fingerprint density at radius 2 is 1.67 bits per heavy atom. The van der Waals surface area contributed by atoms with Gasteiger partial charge in [-0.25, -0.2) is 4.98 Å². The van der Waals surface area contributed by atoms with Crippen LogP contribution in [0.15, 0.2) is 10.9 Å². The second kappa shape index (κ2) is 9.07. The maximum absolute atomic E-state index is 13.1. The maximum atomic E-state index is 13.1. The lowest BCUT2D eigenvalue weighted by atomic mass is 9.87. The Balaban J connectivity index is 1.36. The Hall–Kier alpha value is -3.04. The van der Waals surface area contributed by atoms with Gasteiger partial charge in [0.1, 0.15) is 18.1 Å². The predicted molar refractivity (Wildman–Crippen MR) is 118 cm³/mol. The summed E-state index contributed by atoms with van der Waals surface area (Å²) in [5.41, 5.74) is -0.199. The van der Waals surface area contributed by atoms with Gasteiger partial charge in [-0.1, -0.05) is 13.8 Å². The van der Waals surface area contributed by atoms with Crippen LogP contribution in [0.25, 0.3) is 0 Å². The molecule has 0 spiro atoms. The summed E-state index contributed by atoms with van der Waals surface area (Å²) in [4.78, 5) is 73.7. The molecule has 178 valence electrons. The lowest BCUT2D eigenvalue weighted by molar-refractivity contribution is -0.147. The van der Waals surface area contributed by atoms with Gasteiger partial charge in [-0.05, 0) is 38.5 Å². The van der Waals surface area contributed by atoms with Crippen LogP contribution in [0.1, 0.15) is 55.8 Å². The lowest BCUT2D eigenvalue weighted by Gasteiger charge is -2.38. The van der Waals surface area contributed by atoms with Crippen LogP contribution in [0.4, 0.5) is 0 Å². The molecule has 1 aromatic rings. The summed E-state index contributed by atoms with van der Waals surface area (Å²) in [6, 6.07) is 1.28. The lowest BCUT2D eigenvalue weighted by Crippen LogP contribution is -2.49. The highest BCUT2D eigenvalue weighted by Crippen LogP contribution is 2.32. The van der Waals surface area contributed by atoms with Crippen molar-refractivity contribution < 1.29 is 19.2 Å². The van der Waals surface area contributed by atoms with Crippen LogP contribution in [0.5, 0.6) is 0 Å². The van der Waals surface area contributed by atoms with Gasteiger partial charge in [-0.3, -0.25) is 28.9 Å². The van der Waals surface area contributed by atoms with E-state index < -0.39 is 0 Å². The molecular weight excluding hydrogens is 426 g/mol. The molecule has 0 bridgehead atoms. The van der Waals surface area contributed by atoms with Crippen LogP contribution in [0, 0.1) is 24.7 Å². The third kappa shape index (κ3) is 4.43. The molecule has 3 saturated heterocycles. The first-order valence-electron chi connectivity index (χ1n) is 11.7. The first-order valence-corrected chi connectivity index (χ1v) is 11.7. The van der Waals surface area contributed by atoms with Crippen LogP contribution >= 0.6 is 0 Å². The summed E-state index contributed by atoms with van der Waals surface area (Å²) in [5, 5.41) is 0. The average molecular weight is 458 g/mol. The van der Waals surface area contributed by atoms with Crippen molar-refractivity contribution in [3.63, 3.8) is 0 Å². The molecule has 4 amide bonds. The molecule has 0 radical (unpaired) electrons. The molecule has 10 heteroatoms. The number of imide groups is 1. The van der Waals surface area contributed by atoms with Crippen LogP contribution in [0.2, 0.25) is 0 Å². The zero-order valence-electron chi connectivity index (χ0n) is 19.4. The van der Waals surface area contributed by atoms with E-state index in [1.165, 1.54) is 6.07 Å². The second-order valence-corrected chi connectivity index (χ2v) is 9.48. The minimum absolute atomic E-state index is 0.0531. The number of piperidine rings is 1. The number of H-pyrrole nitrogens is 1. The molecule has 0 aliphatic carbocycles. The fourth-order valence-corrected chi connectivity index (χ4v) is 5.34. The molecule has 1 unspecified atom stereocenters. The van der Waals surface area contributed by atoms with Gasteiger partial charge in [-0.15, -0.1) is 0 Å². The van der Waals surface area contributed by atoms with E-state index in [1.54, 1.807) is 25.7 Å². The van der Waals surface area contributed by atoms with Crippen molar-refractivity contribution in [1.82, 2.24) is 24.7 Å². The number of nitrogens with one attached hydrogen (secondary N) is 1. The Kier molecular flexibility index (Phi) is 6.36. The van der Waals surface area contributed by atoms with Gasteiger partial charge in [-0.2, -0.15) is 0 Å². The number of rotatable bonds is 4. The number of aryl methyl sites for hydroxylation is 1. The first-order chi connectivity index (χ1) is 15.7. The van der Waals surface area contributed by atoms with Gasteiger partial charge >= 0.3 is 0 Å². The van der Waals surface area contributed by atoms with E-state index in [9.17, 15) is 24.0 Å². The number of hydrogen-bond donors (Lipinski definition) is 1. The third-order valence-electron chi connectivity index (χ3n) is 7.42. The first kappa shape index (κ1) is 23.1. The summed E-state index contributed by atoms with van der Waals surface area (Å²) in [6.45, 7) is 6.60. The predicted octanol–water partition coefficient (Wildman–Crippen LogP) is 0.563. The van der Waals surface area contributed by atoms with Crippen molar-refractivity contribution in [1.29, 1.82) is 0 Å². The van der Waals surface area contributed by atoms with Gasteiger partial charge in [0, 0.05) is 43.6 Å². The molecule has 0 aromatic carbocycles. The van der Waals surface area contributed by atoms with E-state index in [-0.39, 0.29) is 65.2 Å². The second-order valence-electron chi connectivity index (χ2n) is 9.48. The Labute approximate surface area is 192 Å². The summed E-state index contributed by atoms with van der Waals surface area (Å²) in [5.74, 6) is -1.10. The highest BCUT2D eigenvalue weighted by Gasteiger charge is 2.45. The number of carbonyl (C=O) groups excluding carboxylic acids is 4. The zero-order valence-corrected chi connectivity index (χ0v) is 19.4. The Morgan fingerprint density at radius 1 is 1.03 bits per heavy atom. The minimum Gasteiger partial charge on any atom is -0.338 e. The molecule has 3 aliphatic rings. The van der Waals surface area contributed by atoms with Gasteiger partial charge in [0.2, 0.25) is 17.7 Å². The largest absolute Gasteiger partial charge is 0.338 e. The SMILES string of the molecule is Cc1nc(C(=O)N2CCC(C3CCCN3C(=O)CN3C(=O)[C@@H](C)[C@@H](C)C3=O)CC2)cc(=O)[nH]1. The fraction of sp³-hybridized carbons (Fsp3) is 0.652.